The van der Waals surface area contributed by atoms with Gasteiger partial charge in [-0.25, -0.2) is 0 Å². The van der Waals surface area contributed by atoms with Crippen LogP contribution < -0.4 is 0 Å². The first kappa shape index (κ1) is 15.8. The molecule has 118 valence electrons. The molecule has 6 nitrogen and oxygen atoms in total. The summed E-state index contributed by atoms with van der Waals surface area (Å²) in [5.74, 6) is -1.68. The van der Waals surface area contributed by atoms with Gasteiger partial charge < -0.3 is 14.9 Å². The molecule has 1 heterocycles. The van der Waals surface area contributed by atoms with Crippen LogP contribution in [-0.4, -0.2) is 59.9 Å². The molecule has 0 aromatic carbocycles. The van der Waals surface area contributed by atoms with Gasteiger partial charge >= 0.3 is 5.97 Å². The van der Waals surface area contributed by atoms with Crippen LogP contribution in [0.3, 0.4) is 0 Å². The molecule has 0 unspecified atom stereocenters. The quantitative estimate of drug-likeness (QED) is 0.836. The van der Waals surface area contributed by atoms with Gasteiger partial charge in [-0.3, -0.25) is 14.4 Å². The van der Waals surface area contributed by atoms with Crippen molar-refractivity contribution >= 4 is 17.8 Å². The minimum Gasteiger partial charge on any atom is -0.481 e. The van der Waals surface area contributed by atoms with E-state index in [1.54, 1.807) is 23.9 Å². The van der Waals surface area contributed by atoms with Crippen molar-refractivity contribution in [3.63, 3.8) is 0 Å². The first-order valence-corrected chi connectivity index (χ1v) is 7.64. The molecular weight excluding hydrogens is 272 g/mol. The molecule has 2 aliphatic rings. The van der Waals surface area contributed by atoms with Crippen LogP contribution in [-0.2, 0) is 14.4 Å². The number of carbonyl (C=O) groups excluding carboxylic acids is 2. The number of rotatable bonds is 3. The van der Waals surface area contributed by atoms with Crippen molar-refractivity contribution in [2.75, 3.05) is 27.2 Å². The summed E-state index contributed by atoms with van der Waals surface area (Å²) in [6.45, 7) is 1.12. The van der Waals surface area contributed by atoms with Gasteiger partial charge in [0.05, 0.1) is 11.8 Å². The van der Waals surface area contributed by atoms with E-state index in [0.29, 0.717) is 38.8 Å². The fraction of sp³-hybridized carbons (Fsp3) is 0.800. The lowest BCUT2D eigenvalue weighted by Crippen LogP contribution is -2.46. The molecule has 6 heteroatoms. The molecule has 1 aliphatic carbocycles. The number of aliphatic carboxylic acids is 1. The van der Waals surface area contributed by atoms with Crippen LogP contribution in [0.1, 0.15) is 32.1 Å². The highest BCUT2D eigenvalue weighted by Crippen LogP contribution is 2.34. The summed E-state index contributed by atoms with van der Waals surface area (Å²) in [4.78, 5) is 39.0. The number of piperidine rings is 1. The zero-order valence-corrected chi connectivity index (χ0v) is 12.7. The molecule has 1 aliphatic heterocycles. The van der Waals surface area contributed by atoms with Gasteiger partial charge in [0.1, 0.15) is 0 Å². The third kappa shape index (κ3) is 3.36. The van der Waals surface area contributed by atoms with E-state index in [9.17, 15) is 19.5 Å². The van der Waals surface area contributed by atoms with Gasteiger partial charge in [-0.1, -0.05) is 6.42 Å². The summed E-state index contributed by atoms with van der Waals surface area (Å²) in [6, 6.07) is 0. The average Bonchev–Trinajstić information content (AvgIpc) is 2.95. The standard InChI is InChI=1S/C15H24N2O4/c1-16(2)13(18)10-6-8-17(9-7-10)14(19)11-4-3-5-12(11)15(20)21/h10-12H,3-9H2,1-2H3,(H,20,21)/t11-,12+/m1/s1. The number of carboxylic acid groups (broad SMARTS) is 1. The van der Waals surface area contributed by atoms with Gasteiger partial charge in [0, 0.05) is 33.1 Å². The van der Waals surface area contributed by atoms with Crippen LogP contribution in [0.2, 0.25) is 0 Å². The van der Waals surface area contributed by atoms with Gasteiger partial charge in [-0.05, 0) is 25.7 Å². The summed E-state index contributed by atoms with van der Waals surface area (Å²) in [5.41, 5.74) is 0. The Balaban J connectivity index is 1.91. The highest BCUT2D eigenvalue weighted by atomic mass is 16.4. The summed E-state index contributed by atoms with van der Waals surface area (Å²) in [5, 5.41) is 9.19. The number of nitrogens with zero attached hydrogens (tertiary/aromatic N) is 2. The molecule has 0 radical (unpaired) electrons. The lowest BCUT2D eigenvalue weighted by atomic mass is 9.91. The Morgan fingerprint density at radius 2 is 1.57 bits per heavy atom. The van der Waals surface area contributed by atoms with Crippen molar-refractivity contribution in [3.05, 3.63) is 0 Å². The van der Waals surface area contributed by atoms with E-state index in [0.717, 1.165) is 6.42 Å². The van der Waals surface area contributed by atoms with Crippen molar-refractivity contribution in [2.45, 2.75) is 32.1 Å². The van der Waals surface area contributed by atoms with Gasteiger partial charge in [-0.15, -0.1) is 0 Å². The Kier molecular flexibility index (Phi) is 4.85. The molecule has 2 rings (SSSR count). The number of hydrogen-bond acceptors (Lipinski definition) is 3. The van der Waals surface area contributed by atoms with Crippen molar-refractivity contribution in [1.29, 1.82) is 0 Å². The zero-order chi connectivity index (χ0) is 15.6. The summed E-state index contributed by atoms with van der Waals surface area (Å²) in [7, 11) is 3.49. The van der Waals surface area contributed by atoms with Crippen LogP contribution >= 0.6 is 0 Å². The summed E-state index contributed by atoms with van der Waals surface area (Å²) < 4.78 is 0. The molecule has 0 aromatic rings. The molecule has 2 atom stereocenters. The van der Waals surface area contributed by atoms with E-state index < -0.39 is 11.9 Å². The third-order valence-corrected chi connectivity index (χ3v) is 4.75. The van der Waals surface area contributed by atoms with Crippen LogP contribution in [0.15, 0.2) is 0 Å². The predicted octanol–water partition coefficient (Wildman–Crippen LogP) is 0.814. The minimum atomic E-state index is -0.858. The van der Waals surface area contributed by atoms with Gasteiger partial charge in [0.2, 0.25) is 11.8 Å². The minimum absolute atomic E-state index is 0.0112. The predicted molar refractivity (Wildman–Crippen MR) is 76.5 cm³/mol. The fourth-order valence-electron chi connectivity index (χ4n) is 3.50. The van der Waals surface area contributed by atoms with E-state index >= 15 is 0 Å². The lowest BCUT2D eigenvalue weighted by molar-refractivity contribution is -0.150. The van der Waals surface area contributed by atoms with Crippen molar-refractivity contribution in [1.82, 2.24) is 9.80 Å². The fourth-order valence-corrected chi connectivity index (χ4v) is 3.50. The molecule has 0 spiro atoms. The van der Waals surface area contributed by atoms with Gasteiger partial charge in [0.25, 0.3) is 0 Å². The molecule has 2 amide bonds. The highest BCUT2D eigenvalue weighted by Gasteiger charge is 2.40. The Hall–Kier alpha value is -1.59. The number of hydrogen-bond donors (Lipinski definition) is 1. The summed E-state index contributed by atoms with van der Waals surface area (Å²) in [6.07, 6.45) is 3.43. The third-order valence-electron chi connectivity index (χ3n) is 4.75. The number of amides is 2. The maximum Gasteiger partial charge on any atom is 0.307 e. The smallest absolute Gasteiger partial charge is 0.307 e. The van der Waals surface area contributed by atoms with Crippen molar-refractivity contribution in [3.8, 4) is 0 Å². The molecular formula is C15H24N2O4. The van der Waals surface area contributed by atoms with E-state index in [4.69, 9.17) is 0 Å². The second kappa shape index (κ2) is 6.45. The Labute approximate surface area is 125 Å². The zero-order valence-electron chi connectivity index (χ0n) is 12.7. The first-order chi connectivity index (χ1) is 9.91. The monoisotopic (exact) mass is 296 g/mol. The number of carboxylic acids is 1. The molecule has 2 fully saturated rings. The Morgan fingerprint density at radius 1 is 1.00 bits per heavy atom. The molecule has 0 bridgehead atoms. The van der Waals surface area contributed by atoms with Crippen LogP contribution in [0.25, 0.3) is 0 Å². The molecule has 1 saturated heterocycles. The SMILES string of the molecule is CN(C)C(=O)C1CCN(C(=O)[C@@H]2CCC[C@@H]2C(=O)O)CC1. The maximum absolute atomic E-state index is 12.5. The second-order valence-corrected chi connectivity index (χ2v) is 6.31. The molecule has 0 aromatic heterocycles. The van der Waals surface area contributed by atoms with Crippen molar-refractivity contribution in [2.24, 2.45) is 17.8 Å². The van der Waals surface area contributed by atoms with E-state index in [-0.39, 0.29) is 23.7 Å². The lowest BCUT2D eigenvalue weighted by Gasteiger charge is -2.34. The highest BCUT2D eigenvalue weighted by molar-refractivity contribution is 5.85. The van der Waals surface area contributed by atoms with Gasteiger partial charge in [0.15, 0.2) is 0 Å². The van der Waals surface area contributed by atoms with E-state index in [1.807, 2.05) is 0 Å². The second-order valence-electron chi connectivity index (χ2n) is 6.31. The van der Waals surface area contributed by atoms with Crippen LogP contribution in [0, 0.1) is 17.8 Å². The first-order valence-electron chi connectivity index (χ1n) is 7.64. The number of likely N-dealkylation sites (tertiary alicyclic amines) is 1. The molecule has 21 heavy (non-hydrogen) atoms. The van der Waals surface area contributed by atoms with E-state index in [2.05, 4.69) is 0 Å². The van der Waals surface area contributed by atoms with Crippen LogP contribution in [0.4, 0.5) is 0 Å². The van der Waals surface area contributed by atoms with E-state index in [1.165, 1.54) is 0 Å². The van der Waals surface area contributed by atoms with Crippen LogP contribution in [0.5, 0.6) is 0 Å². The largest absolute Gasteiger partial charge is 0.481 e. The Morgan fingerprint density at radius 3 is 2.10 bits per heavy atom. The molecule has 1 N–H and O–H groups in total. The van der Waals surface area contributed by atoms with Crippen molar-refractivity contribution < 1.29 is 19.5 Å². The average molecular weight is 296 g/mol. The molecule has 1 saturated carbocycles. The topological polar surface area (TPSA) is 77.9 Å². The summed E-state index contributed by atoms with van der Waals surface area (Å²) >= 11 is 0. The normalized spacial score (nSPS) is 26.7. The Bertz CT molecular complexity index is 427. The van der Waals surface area contributed by atoms with Gasteiger partial charge in [-0.2, -0.15) is 0 Å². The number of carbonyl (C=O) groups is 3. The maximum atomic E-state index is 12.5.